The van der Waals surface area contributed by atoms with Crippen LogP contribution in [-0.2, 0) is 4.74 Å². The van der Waals surface area contributed by atoms with E-state index in [4.69, 9.17) is 14.3 Å². The molecule has 33 heavy (non-hydrogen) atoms. The van der Waals surface area contributed by atoms with Crippen LogP contribution in [0.1, 0.15) is 49.1 Å². The molecule has 1 aliphatic carbocycles. The Kier molecular flexibility index (Phi) is 5.94. The molecular formula is C22H24N8O3. The third-order valence-electron chi connectivity index (χ3n) is 5.71. The first kappa shape index (κ1) is 21.0. The van der Waals surface area contributed by atoms with Gasteiger partial charge < -0.3 is 14.5 Å². The lowest BCUT2D eigenvalue weighted by atomic mass is 9.93. The second kappa shape index (κ2) is 9.33. The molecule has 1 saturated carbocycles. The van der Waals surface area contributed by atoms with Gasteiger partial charge in [-0.1, -0.05) is 0 Å². The Balaban J connectivity index is 1.38. The number of aromatic amines is 1. The highest BCUT2D eigenvalue weighted by Crippen LogP contribution is 2.33. The number of hydrogen-bond acceptors (Lipinski definition) is 8. The van der Waals surface area contributed by atoms with Crippen molar-refractivity contribution in [3.8, 4) is 22.8 Å². The first-order valence-corrected chi connectivity index (χ1v) is 10.9. The Morgan fingerprint density at radius 3 is 2.94 bits per heavy atom. The van der Waals surface area contributed by atoms with Crippen LogP contribution in [0.4, 0.5) is 5.69 Å². The average Bonchev–Trinajstić information content (AvgIpc) is 3.61. The molecular weight excluding hydrogens is 424 g/mol. The van der Waals surface area contributed by atoms with Gasteiger partial charge in [-0.05, 0) is 38.7 Å². The SMILES string of the molecule is CCO[C@H]1CC[C@H](n2cc(NC(=O)c3coc(-c4cn[nH]c4)n3)c(-c3ccncn3)n2)CC1. The van der Waals surface area contributed by atoms with Gasteiger partial charge in [0.1, 0.15) is 18.3 Å². The summed E-state index contributed by atoms with van der Waals surface area (Å²) in [7, 11) is 0. The van der Waals surface area contributed by atoms with E-state index in [2.05, 4.69) is 30.5 Å². The van der Waals surface area contributed by atoms with Gasteiger partial charge in [-0.2, -0.15) is 10.2 Å². The number of hydrogen-bond donors (Lipinski definition) is 2. The van der Waals surface area contributed by atoms with Gasteiger partial charge in [0.15, 0.2) is 5.69 Å². The topological polar surface area (TPSA) is 137 Å². The number of nitrogens with zero attached hydrogens (tertiary/aromatic N) is 6. The van der Waals surface area contributed by atoms with Crippen molar-refractivity contribution in [1.29, 1.82) is 0 Å². The Hall–Kier alpha value is -3.86. The average molecular weight is 448 g/mol. The van der Waals surface area contributed by atoms with Crippen LogP contribution in [0.3, 0.4) is 0 Å². The lowest BCUT2D eigenvalue weighted by Gasteiger charge is -2.28. The predicted octanol–water partition coefficient (Wildman–Crippen LogP) is 3.49. The molecule has 0 unspecified atom stereocenters. The van der Waals surface area contributed by atoms with E-state index in [9.17, 15) is 4.79 Å². The Labute approximate surface area is 189 Å². The predicted molar refractivity (Wildman–Crippen MR) is 118 cm³/mol. The van der Waals surface area contributed by atoms with Crippen molar-refractivity contribution in [3.05, 3.63) is 49.1 Å². The summed E-state index contributed by atoms with van der Waals surface area (Å²) in [6, 6.07) is 1.99. The van der Waals surface area contributed by atoms with E-state index in [1.165, 1.54) is 12.6 Å². The highest BCUT2D eigenvalue weighted by atomic mass is 16.5. The monoisotopic (exact) mass is 448 g/mol. The summed E-state index contributed by atoms with van der Waals surface area (Å²) in [6.07, 6.45) is 13.7. The summed E-state index contributed by atoms with van der Waals surface area (Å²) in [5, 5.41) is 14.3. The van der Waals surface area contributed by atoms with Gasteiger partial charge in [-0.3, -0.25) is 14.6 Å². The third-order valence-corrected chi connectivity index (χ3v) is 5.71. The molecule has 0 radical (unpaired) electrons. The normalized spacial score (nSPS) is 18.3. The fourth-order valence-electron chi connectivity index (χ4n) is 4.07. The summed E-state index contributed by atoms with van der Waals surface area (Å²) in [4.78, 5) is 25.5. The molecule has 4 heterocycles. The molecule has 2 N–H and O–H groups in total. The van der Waals surface area contributed by atoms with Crippen LogP contribution in [0.5, 0.6) is 0 Å². The van der Waals surface area contributed by atoms with Gasteiger partial charge in [-0.15, -0.1) is 0 Å². The van der Waals surface area contributed by atoms with Crippen molar-refractivity contribution in [2.45, 2.75) is 44.8 Å². The number of rotatable bonds is 7. The molecule has 170 valence electrons. The molecule has 0 bridgehead atoms. The van der Waals surface area contributed by atoms with Crippen LogP contribution in [0.15, 0.2) is 47.9 Å². The van der Waals surface area contributed by atoms with E-state index in [0.717, 1.165) is 32.3 Å². The summed E-state index contributed by atoms with van der Waals surface area (Å²) < 4.78 is 13.1. The van der Waals surface area contributed by atoms with Gasteiger partial charge in [0.2, 0.25) is 5.89 Å². The van der Waals surface area contributed by atoms with Crippen LogP contribution in [0.2, 0.25) is 0 Å². The van der Waals surface area contributed by atoms with Gasteiger partial charge in [-0.25, -0.2) is 15.0 Å². The van der Waals surface area contributed by atoms with Crippen LogP contribution in [-0.4, -0.2) is 53.5 Å². The number of anilines is 1. The molecule has 0 atom stereocenters. The molecule has 5 rings (SSSR count). The van der Waals surface area contributed by atoms with Crippen molar-refractivity contribution in [1.82, 2.24) is 34.9 Å². The Morgan fingerprint density at radius 2 is 2.21 bits per heavy atom. The number of ether oxygens (including phenoxy) is 1. The molecule has 4 aromatic heterocycles. The maximum Gasteiger partial charge on any atom is 0.277 e. The summed E-state index contributed by atoms with van der Waals surface area (Å²) >= 11 is 0. The van der Waals surface area contributed by atoms with Crippen LogP contribution < -0.4 is 5.32 Å². The van der Waals surface area contributed by atoms with Crippen molar-refractivity contribution < 1.29 is 13.9 Å². The molecule has 4 aromatic rings. The molecule has 11 nitrogen and oxygen atoms in total. The fraction of sp³-hybridized carbons (Fsp3) is 0.364. The molecule has 0 spiro atoms. The second-order valence-corrected chi connectivity index (χ2v) is 7.83. The van der Waals surface area contributed by atoms with E-state index >= 15 is 0 Å². The largest absolute Gasteiger partial charge is 0.444 e. The Morgan fingerprint density at radius 1 is 1.33 bits per heavy atom. The van der Waals surface area contributed by atoms with E-state index < -0.39 is 5.91 Å². The lowest BCUT2D eigenvalue weighted by Crippen LogP contribution is -2.24. The standard InChI is InChI=1S/C22H24N8O3/c1-2-32-16-5-3-15(4-6-16)30-11-18(20(29-30)17-7-8-23-13-24-17)27-21(31)19-12-33-22(28-19)14-9-25-26-10-14/h7-13,15-16H,2-6H2,1H3,(H,25,26)(H,27,31)/t15-,16-. The number of H-pyrrole nitrogens is 1. The van der Waals surface area contributed by atoms with E-state index in [-0.39, 0.29) is 11.7 Å². The van der Waals surface area contributed by atoms with E-state index in [1.807, 2.05) is 17.8 Å². The molecule has 11 heteroatoms. The number of amides is 1. The summed E-state index contributed by atoms with van der Waals surface area (Å²) in [5.74, 6) is -0.0879. The number of carbonyl (C=O) groups excluding carboxylic acids is 1. The zero-order valence-corrected chi connectivity index (χ0v) is 18.1. The quantitative estimate of drug-likeness (QED) is 0.438. The van der Waals surface area contributed by atoms with E-state index in [1.54, 1.807) is 24.7 Å². The highest BCUT2D eigenvalue weighted by Gasteiger charge is 2.26. The number of carbonyl (C=O) groups is 1. The number of aromatic nitrogens is 7. The fourth-order valence-corrected chi connectivity index (χ4v) is 4.07. The molecule has 1 amide bonds. The van der Waals surface area contributed by atoms with E-state index in [0.29, 0.717) is 34.6 Å². The van der Waals surface area contributed by atoms with Crippen LogP contribution >= 0.6 is 0 Å². The first-order valence-electron chi connectivity index (χ1n) is 10.9. The summed E-state index contributed by atoms with van der Waals surface area (Å²) in [6.45, 7) is 2.76. The van der Waals surface area contributed by atoms with Gasteiger partial charge in [0, 0.05) is 25.2 Å². The number of nitrogens with one attached hydrogen (secondary N) is 2. The summed E-state index contributed by atoms with van der Waals surface area (Å²) in [5.41, 5.74) is 2.58. The second-order valence-electron chi connectivity index (χ2n) is 7.83. The molecule has 0 aromatic carbocycles. The van der Waals surface area contributed by atoms with Crippen molar-refractivity contribution in [2.75, 3.05) is 11.9 Å². The zero-order valence-electron chi connectivity index (χ0n) is 18.1. The van der Waals surface area contributed by atoms with Gasteiger partial charge in [0.05, 0.1) is 35.3 Å². The number of oxazole rings is 1. The highest BCUT2D eigenvalue weighted by molar-refractivity contribution is 6.04. The van der Waals surface area contributed by atoms with Crippen molar-refractivity contribution in [2.24, 2.45) is 0 Å². The lowest BCUT2D eigenvalue weighted by molar-refractivity contribution is 0.0260. The molecule has 0 aliphatic heterocycles. The first-order chi connectivity index (χ1) is 16.2. The minimum Gasteiger partial charge on any atom is -0.444 e. The minimum atomic E-state index is -0.400. The Bertz CT molecular complexity index is 1190. The minimum absolute atomic E-state index is 0.157. The maximum atomic E-state index is 12.9. The maximum absolute atomic E-state index is 12.9. The smallest absolute Gasteiger partial charge is 0.277 e. The molecule has 1 fully saturated rings. The third kappa shape index (κ3) is 4.53. The van der Waals surface area contributed by atoms with Crippen molar-refractivity contribution in [3.63, 3.8) is 0 Å². The zero-order chi connectivity index (χ0) is 22.6. The van der Waals surface area contributed by atoms with Crippen LogP contribution in [0.25, 0.3) is 22.8 Å². The molecule has 0 saturated heterocycles. The van der Waals surface area contributed by atoms with Crippen molar-refractivity contribution >= 4 is 11.6 Å². The van der Waals surface area contributed by atoms with Gasteiger partial charge in [0.25, 0.3) is 5.91 Å². The van der Waals surface area contributed by atoms with Gasteiger partial charge >= 0.3 is 0 Å². The molecule has 1 aliphatic rings. The van der Waals surface area contributed by atoms with Crippen LogP contribution in [0, 0.1) is 0 Å².